The molecule has 0 saturated heterocycles. The van der Waals surface area contributed by atoms with Crippen molar-refractivity contribution >= 4 is 35.7 Å². The number of carbonyl (C=O) groups excluding carboxylic acids is 6. The molecule has 1 fully saturated rings. The number of benzene rings is 1. The van der Waals surface area contributed by atoms with Gasteiger partial charge in [0.15, 0.2) is 18.3 Å². The first-order valence-electron chi connectivity index (χ1n) is 10.2. The molecule has 1 aliphatic carbocycles. The van der Waals surface area contributed by atoms with E-state index in [4.69, 9.17) is 18.9 Å². The van der Waals surface area contributed by atoms with Crippen molar-refractivity contribution in [3.8, 4) is 0 Å². The van der Waals surface area contributed by atoms with Crippen LogP contribution in [0.1, 0.15) is 54.8 Å². The first-order chi connectivity index (χ1) is 15.5. The summed E-state index contributed by atoms with van der Waals surface area (Å²) in [5, 5.41) is 0. The molecule has 1 aromatic rings. The van der Waals surface area contributed by atoms with Gasteiger partial charge in [-0.05, 0) is 12.1 Å². The van der Waals surface area contributed by atoms with Crippen molar-refractivity contribution in [3.63, 3.8) is 0 Å². The lowest BCUT2D eigenvalue weighted by atomic mass is 9.83. The molecular formula is C22H23NO10. The highest BCUT2D eigenvalue weighted by Crippen LogP contribution is 2.36. The number of fused-ring (bicyclic) bond motifs is 1. The highest BCUT2D eigenvalue weighted by atomic mass is 16.6. The molecule has 3 rings (SSSR count). The Morgan fingerprint density at radius 1 is 0.697 bits per heavy atom. The van der Waals surface area contributed by atoms with Crippen LogP contribution in [0.25, 0.3) is 0 Å². The largest absolute Gasteiger partial charge is 0.458 e. The van der Waals surface area contributed by atoms with Crippen molar-refractivity contribution in [2.75, 3.05) is 0 Å². The molecule has 0 radical (unpaired) electrons. The molecule has 1 saturated carbocycles. The van der Waals surface area contributed by atoms with Crippen LogP contribution in [0.4, 0.5) is 0 Å². The number of imide groups is 1. The van der Waals surface area contributed by atoms with Gasteiger partial charge in [0.2, 0.25) is 0 Å². The van der Waals surface area contributed by atoms with Gasteiger partial charge in [-0.25, -0.2) is 0 Å². The van der Waals surface area contributed by atoms with Gasteiger partial charge >= 0.3 is 23.9 Å². The minimum absolute atomic E-state index is 0.152. The Morgan fingerprint density at radius 3 is 1.58 bits per heavy atom. The molecular weight excluding hydrogens is 438 g/mol. The number of rotatable bonds is 5. The van der Waals surface area contributed by atoms with Gasteiger partial charge in [-0.15, -0.1) is 0 Å². The first kappa shape index (κ1) is 23.9. The Kier molecular flexibility index (Phi) is 6.80. The summed E-state index contributed by atoms with van der Waals surface area (Å²) in [7, 11) is 0. The van der Waals surface area contributed by atoms with Crippen molar-refractivity contribution in [1.29, 1.82) is 0 Å². The summed E-state index contributed by atoms with van der Waals surface area (Å²) in [6, 6.07) is 4.97. The van der Waals surface area contributed by atoms with E-state index in [9.17, 15) is 28.8 Å². The molecule has 0 spiro atoms. The molecule has 2 aliphatic rings. The average molecular weight is 461 g/mol. The van der Waals surface area contributed by atoms with Crippen LogP contribution >= 0.6 is 0 Å². The van der Waals surface area contributed by atoms with Crippen LogP contribution in [-0.4, -0.2) is 71.0 Å². The minimum Gasteiger partial charge on any atom is -0.458 e. The molecule has 1 heterocycles. The maximum atomic E-state index is 13.1. The lowest BCUT2D eigenvalue weighted by Gasteiger charge is -2.46. The van der Waals surface area contributed by atoms with Gasteiger partial charge < -0.3 is 18.9 Å². The summed E-state index contributed by atoms with van der Waals surface area (Å²) in [4.78, 5) is 74.5. The van der Waals surface area contributed by atoms with Crippen LogP contribution in [0.15, 0.2) is 24.3 Å². The van der Waals surface area contributed by atoms with Gasteiger partial charge in [0.05, 0.1) is 17.2 Å². The van der Waals surface area contributed by atoms with Crippen molar-refractivity contribution in [2.24, 2.45) is 0 Å². The lowest BCUT2D eigenvalue weighted by Crippen LogP contribution is -2.65. The zero-order valence-electron chi connectivity index (χ0n) is 18.4. The standard InChI is InChI=1S/C22H23NO10/c1-10(24)30-17-9-16(23-21(28)14-7-5-6-8-15(14)22(23)29)18(31-11(2)25)20(33-13(4)27)19(17)32-12(3)26/h5-8,16-20H,9H2,1-4H3/t16-,17-,18+,19-,20-/m1/s1. The molecule has 11 nitrogen and oxygen atoms in total. The van der Waals surface area contributed by atoms with E-state index in [0.717, 1.165) is 32.6 Å². The van der Waals surface area contributed by atoms with E-state index in [1.54, 1.807) is 12.1 Å². The highest BCUT2D eigenvalue weighted by Gasteiger charge is 2.57. The predicted molar refractivity (Wildman–Crippen MR) is 108 cm³/mol. The summed E-state index contributed by atoms with van der Waals surface area (Å²) in [5.41, 5.74) is 0.304. The zero-order valence-corrected chi connectivity index (χ0v) is 18.4. The van der Waals surface area contributed by atoms with Crippen LogP contribution in [0.3, 0.4) is 0 Å². The van der Waals surface area contributed by atoms with Gasteiger partial charge in [0.1, 0.15) is 6.10 Å². The molecule has 1 aromatic carbocycles. The molecule has 5 atom stereocenters. The van der Waals surface area contributed by atoms with E-state index in [1.807, 2.05) is 0 Å². The Bertz CT molecular complexity index is 983. The number of ether oxygens (including phenoxy) is 4. The SMILES string of the molecule is CC(=O)O[C@@H]1[C@@H](OC(C)=O)[C@H](N2C(=O)c3ccccc3C2=O)C[C@@H](OC(C)=O)[C@H]1OC(C)=O. The minimum atomic E-state index is -1.46. The Balaban J connectivity index is 2.10. The number of carbonyl (C=O) groups is 6. The van der Waals surface area contributed by atoms with Crippen LogP contribution in [0.5, 0.6) is 0 Å². The van der Waals surface area contributed by atoms with E-state index in [-0.39, 0.29) is 17.5 Å². The molecule has 11 heteroatoms. The summed E-state index contributed by atoms with van der Waals surface area (Å²) >= 11 is 0. The molecule has 0 N–H and O–H groups in total. The summed E-state index contributed by atoms with van der Waals surface area (Å²) < 4.78 is 21.3. The molecule has 0 aromatic heterocycles. The molecule has 33 heavy (non-hydrogen) atoms. The Morgan fingerprint density at radius 2 is 1.12 bits per heavy atom. The van der Waals surface area contributed by atoms with E-state index < -0.39 is 66.1 Å². The van der Waals surface area contributed by atoms with Crippen molar-refractivity contribution in [2.45, 2.75) is 64.6 Å². The topological polar surface area (TPSA) is 143 Å². The second kappa shape index (κ2) is 9.39. The van der Waals surface area contributed by atoms with Gasteiger partial charge in [0, 0.05) is 34.1 Å². The van der Waals surface area contributed by atoms with Gasteiger partial charge in [0.25, 0.3) is 11.8 Å². The normalized spacial score (nSPS) is 26.3. The van der Waals surface area contributed by atoms with Gasteiger partial charge in [-0.3, -0.25) is 33.7 Å². The maximum absolute atomic E-state index is 13.1. The zero-order chi connectivity index (χ0) is 24.4. The summed E-state index contributed by atoms with van der Waals surface area (Å²) in [6.07, 6.45) is -5.60. The summed E-state index contributed by atoms with van der Waals surface area (Å²) in [6.45, 7) is 4.42. The average Bonchev–Trinajstić information content (AvgIpc) is 2.96. The number of hydrogen-bond donors (Lipinski definition) is 0. The fourth-order valence-corrected chi connectivity index (χ4v) is 4.21. The third-order valence-electron chi connectivity index (χ3n) is 5.25. The number of amides is 2. The molecule has 0 unspecified atom stereocenters. The number of nitrogens with zero attached hydrogens (tertiary/aromatic N) is 1. The Hall–Kier alpha value is -3.76. The molecule has 176 valence electrons. The van der Waals surface area contributed by atoms with Gasteiger partial charge in [-0.1, -0.05) is 12.1 Å². The van der Waals surface area contributed by atoms with Crippen molar-refractivity contribution in [3.05, 3.63) is 35.4 Å². The van der Waals surface area contributed by atoms with E-state index >= 15 is 0 Å². The second-order valence-electron chi connectivity index (χ2n) is 7.70. The smallest absolute Gasteiger partial charge is 0.303 e. The van der Waals surface area contributed by atoms with E-state index in [2.05, 4.69) is 0 Å². The second-order valence-corrected chi connectivity index (χ2v) is 7.70. The molecule has 0 bridgehead atoms. The first-order valence-corrected chi connectivity index (χ1v) is 10.2. The van der Waals surface area contributed by atoms with E-state index in [1.165, 1.54) is 12.1 Å². The fourth-order valence-electron chi connectivity index (χ4n) is 4.21. The van der Waals surface area contributed by atoms with Crippen LogP contribution in [0, 0.1) is 0 Å². The van der Waals surface area contributed by atoms with E-state index in [0.29, 0.717) is 0 Å². The fraction of sp³-hybridized carbons (Fsp3) is 0.455. The maximum Gasteiger partial charge on any atom is 0.303 e. The third kappa shape index (κ3) is 4.86. The van der Waals surface area contributed by atoms with Crippen molar-refractivity contribution < 1.29 is 47.7 Å². The summed E-state index contributed by atoms with van der Waals surface area (Å²) in [5.74, 6) is -4.38. The lowest BCUT2D eigenvalue weighted by molar-refractivity contribution is -0.216. The monoisotopic (exact) mass is 461 g/mol. The third-order valence-corrected chi connectivity index (χ3v) is 5.25. The molecule has 1 aliphatic heterocycles. The predicted octanol–water partition coefficient (Wildman–Crippen LogP) is 0.782. The molecule has 2 amide bonds. The number of esters is 4. The van der Waals surface area contributed by atoms with Gasteiger partial charge in [-0.2, -0.15) is 0 Å². The van der Waals surface area contributed by atoms with Crippen molar-refractivity contribution in [1.82, 2.24) is 4.90 Å². The highest BCUT2D eigenvalue weighted by molar-refractivity contribution is 6.21. The van der Waals surface area contributed by atoms with Crippen LogP contribution in [-0.2, 0) is 38.1 Å². The van der Waals surface area contributed by atoms with Crippen LogP contribution < -0.4 is 0 Å². The number of hydrogen-bond acceptors (Lipinski definition) is 10. The van der Waals surface area contributed by atoms with Crippen LogP contribution in [0.2, 0.25) is 0 Å². The Labute approximate surface area is 188 Å². The quantitative estimate of drug-likeness (QED) is 0.351.